The van der Waals surface area contributed by atoms with Crippen LogP contribution in [0.15, 0.2) is 36.7 Å². The molecule has 0 bridgehead atoms. The third-order valence-corrected chi connectivity index (χ3v) is 4.65. The van der Waals surface area contributed by atoms with E-state index in [0.717, 1.165) is 43.3 Å². The predicted octanol–water partition coefficient (Wildman–Crippen LogP) is 1.92. The molecule has 1 aromatic carbocycles. The van der Waals surface area contributed by atoms with E-state index < -0.39 is 0 Å². The number of nitrogens with zero attached hydrogens (tertiary/aromatic N) is 4. The fourth-order valence-corrected chi connectivity index (χ4v) is 3.39. The van der Waals surface area contributed by atoms with Gasteiger partial charge in [-0.15, -0.1) is 0 Å². The summed E-state index contributed by atoms with van der Waals surface area (Å²) in [5.74, 6) is 0. The number of aliphatic hydroxyl groups excluding tert-OH is 1. The van der Waals surface area contributed by atoms with E-state index in [0.29, 0.717) is 0 Å². The minimum absolute atomic E-state index is 0.0224. The lowest BCUT2D eigenvalue weighted by Crippen LogP contribution is -2.47. The number of piperazine rings is 1. The maximum atomic E-state index is 9.82. The van der Waals surface area contributed by atoms with Gasteiger partial charge in [-0.2, -0.15) is 5.10 Å². The molecule has 0 saturated carbocycles. The summed E-state index contributed by atoms with van der Waals surface area (Å²) in [6.07, 6.45) is 3.99. The van der Waals surface area contributed by atoms with Gasteiger partial charge in [-0.3, -0.25) is 14.5 Å². The highest BCUT2D eigenvalue weighted by Crippen LogP contribution is 2.24. The van der Waals surface area contributed by atoms with Crippen LogP contribution < -0.4 is 0 Å². The van der Waals surface area contributed by atoms with Gasteiger partial charge in [0.25, 0.3) is 0 Å². The van der Waals surface area contributed by atoms with Gasteiger partial charge in [0.05, 0.1) is 18.8 Å². The fraction of sp³-hybridized carbons (Fsp3) is 0.471. The first-order chi connectivity index (χ1) is 11.2. The summed E-state index contributed by atoms with van der Waals surface area (Å²) < 4.78 is 1.84. The van der Waals surface area contributed by atoms with Gasteiger partial charge in [-0.1, -0.05) is 23.7 Å². The van der Waals surface area contributed by atoms with Crippen molar-refractivity contribution in [1.29, 1.82) is 0 Å². The summed E-state index contributed by atoms with van der Waals surface area (Å²) in [6, 6.07) is 7.82. The Morgan fingerprint density at radius 3 is 2.65 bits per heavy atom. The number of benzene rings is 1. The second-order valence-electron chi connectivity index (χ2n) is 6.09. The van der Waals surface area contributed by atoms with E-state index in [4.69, 9.17) is 11.6 Å². The summed E-state index contributed by atoms with van der Waals surface area (Å²) >= 11 is 6.08. The van der Waals surface area contributed by atoms with Crippen LogP contribution in [-0.4, -0.2) is 57.5 Å². The van der Waals surface area contributed by atoms with Crippen LogP contribution in [-0.2, 0) is 13.6 Å². The molecular weight excluding hydrogens is 312 g/mol. The highest BCUT2D eigenvalue weighted by Gasteiger charge is 2.24. The normalized spacial score (nSPS) is 18.2. The van der Waals surface area contributed by atoms with Crippen LogP contribution in [0.1, 0.15) is 17.2 Å². The molecule has 6 heteroatoms. The van der Waals surface area contributed by atoms with Crippen LogP contribution in [0.3, 0.4) is 0 Å². The zero-order valence-electron chi connectivity index (χ0n) is 13.4. The van der Waals surface area contributed by atoms with Crippen LogP contribution in [0.4, 0.5) is 0 Å². The summed E-state index contributed by atoms with van der Waals surface area (Å²) in [5.41, 5.74) is 2.33. The van der Waals surface area contributed by atoms with E-state index in [1.807, 2.05) is 42.2 Å². The van der Waals surface area contributed by atoms with Crippen LogP contribution in [0, 0.1) is 0 Å². The Bertz CT molecular complexity index is 637. The van der Waals surface area contributed by atoms with Gasteiger partial charge in [0.1, 0.15) is 0 Å². The minimum Gasteiger partial charge on any atom is -0.394 e. The Balaban J connectivity index is 1.58. The van der Waals surface area contributed by atoms with Crippen LogP contribution in [0.25, 0.3) is 0 Å². The average Bonchev–Trinajstić information content (AvgIpc) is 2.95. The maximum absolute atomic E-state index is 9.82. The van der Waals surface area contributed by atoms with Crippen molar-refractivity contribution in [3.8, 4) is 0 Å². The molecule has 2 aromatic rings. The second-order valence-corrected chi connectivity index (χ2v) is 6.52. The number of hydrogen-bond donors (Lipinski definition) is 1. The summed E-state index contributed by atoms with van der Waals surface area (Å²) in [7, 11) is 1.94. The van der Waals surface area contributed by atoms with Gasteiger partial charge in [0, 0.05) is 56.6 Å². The van der Waals surface area contributed by atoms with Crippen LogP contribution >= 0.6 is 11.6 Å². The van der Waals surface area contributed by atoms with E-state index >= 15 is 0 Å². The lowest BCUT2D eigenvalue weighted by molar-refractivity contribution is 0.0621. The van der Waals surface area contributed by atoms with E-state index in [1.165, 1.54) is 5.56 Å². The number of halogens is 1. The molecule has 1 saturated heterocycles. The molecule has 5 nitrogen and oxygen atoms in total. The first kappa shape index (κ1) is 16.5. The molecular formula is C17H23ClN4O. The maximum Gasteiger partial charge on any atom is 0.0628 e. The van der Waals surface area contributed by atoms with Crippen molar-refractivity contribution < 1.29 is 5.11 Å². The summed E-state index contributed by atoms with van der Waals surface area (Å²) in [4.78, 5) is 4.77. The van der Waals surface area contributed by atoms with Crippen molar-refractivity contribution in [2.24, 2.45) is 7.05 Å². The minimum atomic E-state index is 0.0224. The first-order valence-electron chi connectivity index (χ1n) is 7.96. The van der Waals surface area contributed by atoms with Crippen molar-refractivity contribution in [2.45, 2.75) is 12.6 Å². The standard InChI is InChI=1S/C17H23ClN4O/c1-20-11-14(10-19-20)12-21-5-7-22(8-6-21)17(13-23)15-3-2-4-16(18)9-15/h2-4,9-11,17,23H,5-8,12-13H2,1H3/t17-/m1/s1. The zero-order chi connectivity index (χ0) is 16.2. The number of aromatic nitrogens is 2. The van der Waals surface area contributed by atoms with E-state index in [2.05, 4.69) is 21.1 Å². The fourth-order valence-electron chi connectivity index (χ4n) is 3.19. The topological polar surface area (TPSA) is 44.5 Å². The molecule has 2 heterocycles. The highest BCUT2D eigenvalue weighted by atomic mass is 35.5. The van der Waals surface area contributed by atoms with Gasteiger partial charge >= 0.3 is 0 Å². The van der Waals surface area contributed by atoms with Gasteiger partial charge < -0.3 is 5.11 Å². The molecule has 0 aliphatic carbocycles. The number of hydrogen-bond acceptors (Lipinski definition) is 4. The Kier molecular flexibility index (Phi) is 5.33. The molecule has 1 aliphatic rings. The molecule has 1 atom stereocenters. The quantitative estimate of drug-likeness (QED) is 0.907. The molecule has 0 radical (unpaired) electrons. The Hall–Kier alpha value is -1.40. The molecule has 1 aliphatic heterocycles. The van der Waals surface area contributed by atoms with Crippen LogP contribution in [0.2, 0.25) is 5.02 Å². The SMILES string of the molecule is Cn1cc(CN2CCN([C@H](CO)c3cccc(Cl)c3)CC2)cn1. The molecule has 23 heavy (non-hydrogen) atoms. The third kappa shape index (κ3) is 4.12. The Morgan fingerprint density at radius 1 is 1.26 bits per heavy atom. The molecule has 0 spiro atoms. The summed E-state index contributed by atoms with van der Waals surface area (Å²) in [5, 5.41) is 14.8. The zero-order valence-corrected chi connectivity index (χ0v) is 14.2. The van der Waals surface area contributed by atoms with Gasteiger partial charge in [0.15, 0.2) is 0 Å². The Labute approximate surface area is 142 Å². The van der Waals surface area contributed by atoms with Crippen molar-refractivity contribution in [1.82, 2.24) is 19.6 Å². The number of rotatable bonds is 5. The van der Waals surface area contributed by atoms with Gasteiger partial charge in [0.2, 0.25) is 0 Å². The lowest BCUT2D eigenvalue weighted by Gasteiger charge is -2.38. The smallest absolute Gasteiger partial charge is 0.0628 e. The second kappa shape index (κ2) is 7.45. The van der Waals surface area contributed by atoms with Gasteiger partial charge in [-0.05, 0) is 17.7 Å². The molecule has 3 rings (SSSR count). The molecule has 1 fully saturated rings. The molecule has 124 valence electrons. The Morgan fingerprint density at radius 2 is 2.04 bits per heavy atom. The molecule has 0 unspecified atom stereocenters. The average molecular weight is 335 g/mol. The number of aliphatic hydroxyl groups is 1. The number of aryl methyl sites for hydroxylation is 1. The third-order valence-electron chi connectivity index (χ3n) is 4.42. The van der Waals surface area contributed by atoms with Crippen molar-refractivity contribution in [3.05, 3.63) is 52.8 Å². The monoisotopic (exact) mass is 334 g/mol. The van der Waals surface area contributed by atoms with E-state index in [-0.39, 0.29) is 12.6 Å². The van der Waals surface area contributed by atoms with Crippen LogP contribution in [0.5, 0.6) is 0 Å². The van der Waals surface area contributed by atoms with Crippen molar-refractivity contribution in [3.63, 3.8) is 0 Å². The molecule has 0 amide bonds. The largest absolute Gasteiger partial charge is 0.394 e. The van der Waals surface area contributed by atoms with Gasteiger partial charge in [-0.25, -0.2) is 0 Å². The van der Waals surface area contributed by atoms with E-state index in [9.17, 15) is 5.11 Å². The lowest BCUT2D eigenvalue weighted by atomic mass is 10.1. The predicted molar refractivity (Wildman–Crippen MR) is 91.3 cm³/mol. The molecule has 1 N–H and O–H groups in total. The van der Waals surface area contributed by atoms with Crippen molar-refractivity contribution in [2.75, 3.05) is 32.8 Å². The van der Waals surface area contributed by atoms with Crippen molar-refractivity contribution >= 4 is 11.6 Å². The molecule has 1 aromatic heterocycles. The van der Waals surface area contributed by atoms with E-state index in [1.54, 1.807) is 0 Å². The highest BCUT2D eigenvalue weighted by molar-refractivity contribution is 6.30. The summed E-state index contributed by atoms with van der Waals surface area (Å²) in [6.45, 7) is 4.92. The first-order valence-corrected chi connectivity index (χ1v) is 8.34.